The molecule has 0 fully saturated rings. The largest absolute Gasteiger partial charge is 0.497 e. The van der Waals surface area contributed by atoms with Crippen LogP contribution in [0.1, 0.15) is 24.5 Å². The minimum absolute atomic E-state index is 0.0643. The Morgan fingerprint density at radius 2 is 1.81 bits per heavy atom. The smallest absolute Gasteiger partial charge is 0.244 e. The normalized spacial score (nSPS) is 11.0. The number of halogens is 1. The summed E-state index contributed by atoms with van der Waals surface area (Å²) in [4.78, 5) is 24.1. The van der Waals surface area contributed by atoms with Gasteiger partial charge < -0.3 is 10.1 Å². The van der Waals surface area contributed by atoms with Crippen molar-refractivity contribution in [1.82, 2.24) is 5.43 Å². The zero-order chi connectivity index (χ0) is 19.8. The summed E-state index contributed by atoms with van der Waals surface area (Å²) >= 11 is 6.04. The van der Waals surface area contributed by atoms with Crippen molar-refractivity contribution in [2.45, 2.75) is 26.7 Å². The summed E-state index contributed by atoms with van der Waals surface area (Å²) in [6.45, 7) is 3.51. The number of carbonyl (C=O) groups excluding carboxylic acids is 2. The van der Waals surface area contributed by atoms with Gasteiger partial charge >= 0.3 is 0 Å². The van der Waals surface area contributed by atoms with Gasteiger partial charge in [-0.25, -0.2) is 5.43 Å². The molecule has 0 saturated heterocycles. The number of benzene rings is 2. The molecule has 0 aliphatic rings. The van der Waals surface area contributed by atoms with Crippen molar-refractivity contribution < 1.29 is 14.3 Å². The van der Waals surface area contributed by atoms with Gasteiger partial charge in [-0.1, -0.05) is 29.8 Å². The van der Waals surface area contributed by atoms with E-state index >= 15 is 0 Å². The second-order valence-corrected chi connectivity index (χ2v) is 6.45. The van der Waals surface area contributed by atoms with Crippen molar-refractivity contribution in [2.75, 3.05) is 12.4 Å². The van der Waals surface area contributed by atoms with Crippen LogP contribution in [0.2, 0.25) is 5.02 Å². The van der Waals surface area contributed by atoms with Crippen LogP contribution >= 0.6 is 11.6 Å². The maximum Gasteiger partial charge on any atom is 0.244 e. The summed E-state index contributed by atoms with van der Waals surface area (Å²) in [6, 6.07) is 12.5. The fraction of sp³-hybridized carbons (Fsp3) is 0.250. The van der Waals surface area contributed by atoms with Gasteiger partial charge in [-0.3, -0.25) is 9.59 Å². The molecule has 0 spiro atoms. The Morgan fingerprint density at radius 3 is 2.48 bits per heavy atom. The van der Waals surface area contributed by atoms with Gasteiger partial charge in [-0.15, -0.1) is 0 Å². The molecule has 0 heterocycles. The number of nitrogens with zero attached hydrogens (tertiary/aromatic N) is 1. The van der Waals surface area contributed by atoms with Crippen LogP contribution < -0.4 is 15.5 Å². The van der Waals surface area contributed by atoms with Crippen molar-refractivity contribution in [3.8, 4) is 5.75 Å². The molecule has 0 saturated carbocycles. The summed E-state index contributed by atoms with van der Waals surface area (Å²) in [5, 5.41) is 7.36. The van der Waals surface area contributed by atoms with E-state index in [1.54, 1.807) is 44.4 Å². The lowest BCUT2D eigenvalue weighted by molar-refractivity contribution is -0.120. The van der Waals surface area contributed by atoms with E-state index in [9.17, 15) is 9.59 Å². The van der Waals surface area contributed by atoms with Crippen molar-refractivity contribution in [1.29, 1.82) is 0 Å². The fourth-order valence-electron chi connectivity index (χ4n) is 2.34. The van der Waals surface area contributed by atoms with E-state index in [1.165, 1.54) is 0 Å². The Balaban J connectivity index is 1.84. The van der Waals surface area contributed by atoms with Crippen LogP contribution in [0, 0.1) is 6.92 Å². The minimum atomic E-state index is -0.259. The summed E-state index contributed by atoms with van der Waals surface area (Å²) < 4.78 is 5.08. The zero-order valence-electron chi connectivity index (χ0n) is 15.5. The van der Waals surface area contributed by atoms with E-state index in [4.69, 9.17) is 16.3 Å². The molecular formula is C20H22ClN3O3. The molecule has 2 amide bonds. The van der Waals surface area contributed by atoms with Gasteiger partial charge in [0.25, 0.3) is 0 Å². The topological polar surface area (TPSA) is 79.8 Å². The number of methoxy groups -OCH3 is 1. The molecule has 142 valence electrons. The predicted octanol–water partition coefficient (Wildman–Crippen LogP) is 3.72. The third-order valence-corrected chi connectivity index (χ3v) is 4.26. The zero-order valence-corrected chi connectivity index (χ0v) is 16.3. The summed E-state index contributed by atoms with van der Waals surface area (Å²) in [6.07, 6.45) is 0.253. The second kappa shape index (κ2) is 9.73. The third-order valence-electron chi connectivity index (χ3n) is 3.85. The van der Waals surface area contributed by atoms with Crippen LogP contribution in [-0.2, 0) is 16.0 Å². The molecule has 0 bridgehead atoms. The highest BCUT2D eigenvalue weighted by Crippen LogP contribution is 2.23. The Bertz CT molecular complexity index is 848. The van der Waals surface area contributed by atoms with Gasteiger partial charge in [-0.05, 0) is 49.2 Å². The summed E-state index contributed by atoms with van der Waals surface area (Å²) in [5.74, 6) is 0.241. The molecule has 7 heteroatoms. The molecule has 0 aliphatic heterocycles. The average molecular weight is 388 g/mol. The molecule has 0 unspecified atom stereocenters. The van der Waals surface area contributed by atoms with Crippen LogP contribution in [0.3, 0.4) is 0 Å². The van der Waals surface area contributed by atoms with Crippen molar-refractivity contribution in [2.24, 2.45) is 5.10 Å². The molecule has 2 aromatic carbocycles. The van der Waals surface area contributed by atoms with Gasteiger partial charge in [0.2, 0.25) is 11.8 Å². The van der Waals surface area contributed by atoms with Gasteiger partial charge in [0, 0.05) is 16.4 Å². The second-order valence-electron chi connectivity index (χ2n) is 6.04. The van der Waals surface area contributed by atoms with Crippen LogP contribution in [0.15, 0.2) is 47.6 Å². The Morgan fingerprint density at radius 1 is 1.11 bits per heavy atom. The quantitative estimate of drug-likeness (QED) is 0.561. The number of rotatable bonds is 7. The SMILES string of the molecule is COc1ccc(CC(=O)NN=C(C)CC(=O)Nc2cccc(Cl)c2C)cc1. The van der Waals surface area contributed by atoms with E-state index in [0.717, 1.165) is 16.9 Å². The lowest BCUT2D eigenvalue weighted by Gasteiger charge is -2.09. The highest BCUT2D eigenvalue weighted by atomic mass is 35.5. The van der Waals surface area contributed by atoms with Gasteiger partial charge in [0.05, 0.1) is 20.0 Å². The monoisotopic (exact) mass is 387 g/mol. The van der Waals surface area contributed by atoms with Crippen molar-refractivity contribution in [3.63, 3.8) is 0 Å². The van der Waals surface area contributed by atoms with E-state index in [1.807, 2.05) is 19.1 Å². The van der Waals surface area contributed by atoms with E-state index < -0.39 is 0 Å². The molecule has 2 aromatic rings. The number of carbonyl (C=O) groups is 2. The van der Waals surface area contributed by atoms with Crippen molar-refractivity contribution in [3.05, 3.63) is 58.6 Å². The summed E-state index contributed by atoms with van der Waals surface area (Å²) in [7, 11) is 1.59. The minimum Gasteiger partial charge on any atom is -0.497 e. The first kappa shape index (κ1) is 20.5. The molecular weight excluding hydrogens is 366 g/mol. The van der Waals surface area contributed by atoms with Gasteiger partial charge in [0.15, 0.2) is 0 Å². The van der Waals surface area contributed by atoms with Crippen LogP contribution in [0.5, 0.6) is 5.75 Å². The number of hydrazone groups is 1. The van der Waals surface area contributed by atoms with E-state index in [-0.39, 0.29) is 24.7 Å². The first-order valence-electron chi connectivity index (χ1n) is 8.39. The number of amides is 2. The molecule has 2 N–H and O–H groups in total. The fourth-order valence-corrected chi connectivity index (χ4v) is 2.51. The first-order valence-corrected chi connectivity index (χ1v) is 8.76. The molecule has 0 radical (unpaired) electrons. The molecule has 0 aromatic heterocycles. The molecule has 0 aliphatic carbocycles. The van der Waals surface area contributed by atoms with Crippen molar-refractivity contribution >= 4 is 34.8 Å². The third kappa shape index (κ3) is 6.42. The standard InChI is InChI=1S/C20H22ClN3O3/c1-13(11-19(25)22-18-6-4-5-17(21)14(18)2)23-24-20(26)12-15-7-9-16(27-3)10-8-15/h4-10H,11-12H2,1-3H3,(H,22,25)(H,24,26). The van der Waals surface area contributed by atoms with Crippen LogP contribution in [0.4, 0.5) is 5.69 Å². The van der Waals surface area contributed by atoms with E-state index in [0.29, 0.717) is 16.4 Å². The Hall–Kier alpha value is -2.86. The Kier molecular flexibility index (Phi) is 7.37. The van der Waals surface area contributed by atoms with Gasteiger partial charge in [0.1, 0.15) is 5.75 Å². The first-order chi connectivity index (χ1) is 12.9. The lowest BCUT2D eigenvalue weighted by atomic mass is 10.1. The molecule has 2 rings (SSSR count). The van der Waals surface area contributed by atoms with Crippen LogP contribution in [0.25, 0.3) is 0 Å². The molecule has 0 atom stereocenters. The highest BCUT2D eigenvalue weighted by molar-refractivity contribution is 6.31. The lowest BCUT2D eigenvalue weighted by Crippen LogP contribution is -2.23. The number of ether oxygens (including phenoxy) is 1. The Labute approximate surface area is 163 Å². The maximum absolute atomic E-state index is 12.1. The highest BCUT2D eigenvalue weighted by Gasteiger charge is 2.09. The number of hydrogen-bond acceptors (Lipinski definition) is 4. The maximum atomic E-state index is 12.1. The molecule has 27 heavy (non-hydrogen) atoms. The average Bonchev–Trinajstić information content (AvgIpc) is 2.64. The molecule has 6 nitrogen and oxygen atoms in total. The van der Waals surface area contributed by atoms with Gasteiger partial charge in [-0.2, -0.15) is 5.10 Å². The number of anilines is 1. The summed E-state index contributed by atoms with van der Waals surface area (Å²) in [5.41, 5.74) is 5.26. The van der Waals surface area contributed by atoms with Crippen LogP contribution in [-0.4, -0.2) is 24.6 Å². The number of hydrogen-bond donors (Lipinski definition) is 2. The number of nitrogens with one attached hydrogen (secondary N) is 2. The van der Waals surface area contributed by atoms with E-state index in [2.05, 4.69) is 15.8 Å². The predicted molar refractivity (Wildman–Crippen MR) is 107 cm³/mol.